The van der Waals surface area contributed by atoms with Crippen molar-refractivity contribution in [1.29, 1.82) is 0 Å². The molecular weight excluding hydrogens is 266 g/mol. The molecule has 0 amide bonds. The van der Waals surface area contributed by atoms with Crippen LogP contribution in [0.25, 0.3) is 0 Å². The molecule has 0 aliphatic rings. The van der Waals surface area contributed by atoms with E-state index in [-0.39, 0.29) is 22.9 Å². The molecule has 0 spiro atoms. The number of hydrogen-bond acceptors (Lipinski definition) is 5. The minimum absolute atomic E-state index is 0.0686. The highest BCUT2D eigenvalue weighted by Crippen LogP contribution is 2.16. The van der Waals surface area contributed by atoms with E-state index in [2.05, 4.69) is 5.10 Å². The molecule has 2 N–H and O–H groups in total. The summed E-state index contributed by atoms with van der Waals surface area (Å²) in [7, 11) is -1.56. The van der Waals surface area contributed by atoms with Crippen molar-refractivity contribution in [2.45, 2.75) is 12.5 Å². The smallest absolute Gasteiger partial charge is 0.199 e. The van der Waals surface area contributed by atoms with Gasteiger partial charge in [-0.25, -0.2) is 8.42 Å². The van der Waals surface area contributed by atoms with Gasteiger partial charge >= 0.3 is 0 Å². The van der Waals surface area contributed by atoms with Gasteiger partial charge in [0.25, 0.3) is 0 Å². The lowest BCUT2D eigenvalue weighted by Gasteiger charge is -2.10. The fraction of sp³-hybridized carbons (Fsp3) is 0.556. The molecule has 1 atom stereocenters. The van der Waals surface area contributed by atoms with Crippen molar-refractivity contribution in [3.8, 4) is 0 Å². The molecule has 1 aromatic rings. The maximum Gasteiger partial charge on any atom is 0.199 e. The monoisotopic (exact) mass is 279 g/mol. The molecule has 0 aliphatic heterocycles. The Balaban J connectivity index is 2.78. The Labute approximate surface area is 105 Å². The molecule has 96 valence electrons. The molecule has 8 heteroatoms. The van der Waals surface area contributed by atoms with E-state index in [9.17, 15) is 13.2 Å². The molecular formula is C9H14ClN3O3S. The van der Waals surface area contributed by atoms with Gasteiger partial charge in [0.2, 0.25) is 0 Å². The Morgan fingerprint density at radius 2 is 2.24 bits per heavy atom. The van der Waals surface area contributed by atoms with Gasteiger partial charge in [-0.15, -0.1) is 0 Å². The van der Waals surface area contributed by atoms with Gasteiger partial charge < -0.3 is 5.73 Å². The molecule has 1 unspecified atom stereocenters. The van der Waals surface area contributed by atoms with Crippen LogP contribution in [0.1, 0.15) is 16.9 Å². The second kappa shape index (κ2) is 5.16. The average Bonchev–Trinajstić information content (AvgIpc) is 2.53. The standard InChI is InChI=1S/C9H14ClN3O3S/c1-13-8(6(10)5-12-13)9(14)7(11)3-4-17(2,15)16/h5,7H,3-4,11H2,1-2H3. The number of halogens is 1. The summed E-state index contributed by atoms with van der Waals surface area (Å²) >= 11 is 5.80. The summed E-state index contributed by atoms with van der Waals surface area (Å²) in [5.74, 6) is -0.534. The number of nitrogens with zero attached hydrogens (tertiary/aromatic N) is 2. The highest BCUT2D eigenvalue weighted by molar-refractivity contribution is 7.90. The first-order valence-corrected chi connectivity index (χ1v) is 7.31. The van der Waals surface area contributed by atoms with Crippen LogP contribution >= 0.6 is 11.6 Å². The number of Topliss-reactive ketones (excluding diaryl/α,β-unsaturated/α-hetero) is 1. The minimum atomic E-state index is -3.13. The van der Waals surface area contributed by atoms with E-state index in [0.29, 0.717) is 0 Å². The normalized spacial score (nSPS) is 13.6. The third-order valence-corrected chi connectivity index (χ3v) is 3.52. The van der Waals surface area contributed by atoms with E-state index in [4.69, 9.17) is 17.3 Å². The Morgan fingerprint density at radius 3 is 2.65 bits per heavy atom. The number of carbonyl (C=O) groups excluding carboxylic acids is 1. The quantitative estimate of drug-likeness (QED) is 0.767. The van der Waals surface area contributed by atoms with Gasteiger partial charge in [0.1, 0.15) is 15.5 Å². The largest absolute Gasteiger partial charge is 0.321 e. The second-order valence-electron chi connectivity index (χ2n) is 3.85. The molecule has 0 saturated heterocycles. The Bertz CT molecular complexity index is 504. The van der Waals surface area contributed by atoms with Crippen molar-refractivity contribution >= 4 is 27.2 Å². The summed E-state index contributed by atoms with van der Waals surface area (Å²) in [6.07, 6.45) is 2.51. The molecule has 0 radical (unpaired) electrons. The second-order valence-corrected chi connectivity index (χ2v) is 6.52. The molecule has 1 heterocycles. The lowest BCUT2D eigenvalue weighted by molar-refractivity contribution is 0.0950. The van der Waals surface area contributed by atoms with Crippen LogP contribution in [0, 0.1) is 0 Å². The van der Waals surface area contributed by atoms with Gasteiger partial charge in [-0.1, -0.05) is 11.6 Å². The number of rotatable bonds is 5. The van der Waals surface area contributed by atoms with Crippen LogP contribution in [0.5, 0.6) is 0 Å². The summed E-state index contributed by atoms with van der Waals surface area (Å²) in [6, 6.07) is -0.891. The van der Waals surface area contributed by atoms with Gasteiger partial charge in [-0.05, 0) is 6.42 Å². The summed E-state index contributed by atoms with van der Waals surface area (Å²) in [5.41, 5.74) is 5.84. The van der Waals surface area contributed by atoms with Gasteiger partial charge in [0.05, 0.1) is 23.0 Å². The van der Waals surface area contributed by atoms with Crippen LogP contribution in [0.4, 0.5) is 0 Å². The first kappa shape index (κ1) is 14.1. The Hall–Kier alpha value is -0.920. The van der Waals surface area contributed by atoms with Crippen LogP contribution in [-0.2, 0) is 16.9 Å². The van der Waals surface area contributed by atoms with Crippen molar-refractivity contribution in [2.24, 2.45) is 12.8 Å². The maximum atomic E-state index is 11.9. The predicted molar refractivity (Wildman–Crippen MR) is 64.9 cm³/mol. The van der Waals surface area contributed by atoms with E-state index in [1.54, 1.807) is 7.05 Å². The number of aromatic nitrogens is 2. The topological polar surface area (TPSA) is 95.0 Å². The van der Waals surface area contributed by atoms with Crippen molar-refractivity contribution in [2.75, 3.05) is 12.0 Å². The number of hydrogen-bond donors (Lipinski definition) is 1. The molecule has 0 aromatic carbocycles. The highest BCUT2D eigenvalue weighted by atomic mass is 35.5. The zero-order chi connectivity index (χ0) is 13.2. The Kier molecular flexibility index (Phi) is 4.29. The average molecular weight is 280 g/mol. The van der Waals surface area contributed by atoms with E-state index >= 15 is 0 Å². The van der Waals surface area contributed by atoms with E-state index in [1.165, 1.54) is 10.9 Å². The number of sulfone groups is 1. The minimum Gasteiger partial charge on any atom is -0.321 e. The number of ketones is 1. The fourth-order valence-electron chi connectivity index (χ4n) is 1.34. The zero-order valence-corrected chi connectivity index (χ0v) is 11.1. The van der Waals surface area contributed by atoms with Crippen LogP contribution < -0.4 is 5.73 Å². The van der Waals surface area contributed by atoms with Crippen molar-refractivity contribution in [3.05, 3.63) is 16.9 Å². The molecule has 17 heavy (non-hydrogen) atoms. The van der Waals surface area contributed by atoms with Crippen LogP contribution in [0.2, 0.25) is 5.02 Å². The van der Waals surface area contributed by atoms with Gasteiger partial charge in [0.15, 0.2) is 5.78 Å². The molecule has 0 fully saturated rings. The van der Waals surface area contributed by atoms with Crippen molar-refractivity contribution in [3.63, 3.8) is 0 Å². The first-order chi connectivity index (χ1) is 7.72. The molecule has 0 aliphatic carbocycles. The van der Waals surface area contributed by atoms with Crippen LogP contribution in [-0.4, -0.2) is 42.0 Å². The summed E-state index contributed by atoms with van der Waals surface area (Å²) in [4.78, 5) is 11.9. The fourth-order valence-corrected chi connectivity index (χ4v) is 2.28. The summed E-state index contributed by atoms with van der Waals surface area (Å²) in [5, 5.41) is 4.03. The van der Waals surface area contributed by atoms with E-state index in [1.807, 2.05) is 0 Å². The van der Waals surface area contributed by atoms with Gasteiger partial charge in [-0.2, -0.15) is 5.10 Å². The number of carbonyl (C=O) groups is 1. The highest BCUT2D eigenvalue weighted by Gasteiger charge is 2.23. The van der Waals surface area contributed by atoms with Crippen LogP contribution in [0.3, 0.4) is 0 Å². The van der Waals surface area contributed by atoms with Gasteiger partial charge in [0, 0.05) is 13.3 Å². The zero-order valence-electron chi connectivity index (χ0n) is 9.55. The van der Waals surface area contributed by atoms with E-state index < -0.39 is 21.7 Å². The Morgan fingerprint density at radius 1 is 1.65 bits per heavy atom. The SMILES string of the molecule is Cn1ncc(Cl)c1C(=O)C(N)CCS(C)(=O)=O. The van der Waals surface area contributed by atoms with Crippen LogP contribution in [0.15, 0.2) is 6.20 Å². The molecule has 0 saturated carbocycles. The first-order valence-electron chi connectivity index (χ1n) is 4.87. The molecule has 0 bridgehead atoms. The van der Waals surface area contributed by atoms with Gasteiger partial charge in [-0.3, -0.25) is 9.48 Å². The summed E-state index contributed by atoms with van der Waals surface area (Å²) < 4.78 is 23.3. The molecule has 1 rings (SSSR count). The lowest BCUT2D eigenvalue weighted by atomic mass is 10.1. The maximum absolute atomic E-state index is 11.9. The van der Waals surface area contributed by atoms with Crippen molar-refractivity contribution < 1.29 is 13.2 Å². The molecule has 1 aromatic heterocycles. The van der Waals surface area contributed by atoms with Crippen molar-refractivity contribution in [1.82, 2.24) is 9.78 Å². The lowest BCUT2D eigenvalue weighted by Crippen LogP contribution is -2.34. The van der Waals surface area contributed by atoms with E-state index in [0.717, 1.165) is 6.26 Å². The predicted octanol–water partition coefficient (Wildman–Crippen LogP) is 0.0182. The third-order valence-electron chi connectivity index (χ3n) is 2.26. The molecule has 6 nitrogen and oxygen atoms in total. The number of aryl methyl sites for hydroxylation is 1. The third kappa shape index (κ3) is 3.79. The summed E-state index contributed by atoms with van der Waals surface area (Å²) in [6.45, 7) is 0. The number of nitrogens with two attached hydrogens (primary N) is 1.